The quantitative estimate of drug-likeness (QED) is 0.764. The minimum Gasteiger partial charge on any atom is -0.352 e. The summed E-state index contributed by atoms with van der Waals surface area (Å²) < 4.78 is 0. The number of rotatable bonds is 4. The standard InChI is InChI=1S/C16H21N3O2/c1-10(15(20)19-12-5-6-12)18-16(21)14-4-2-3-11-9-17-8-7-13(11)14/h2-4,10,12,17H,5-9H2,1H3,(H,18,21)(H,19,20). The van der Waals surface area contributed by atoms with Crippen molar-refractivity contribution in [1.82, 2.24) is 16.0 Å². The molecule has 5 heteroatoms. The second-order valence-corrected chi connectivity index (χ2v) is 5.85. The molecule has 0 spiro atoms. The van der Waals surface area contributed by atoms with E-state index < -0.39 is 6.04 Å². The van der Waals surface area contributed by atoms with E-state index in [-0.39, 0.29) is 11.8 Å². The maximum absolute atomic E-state index is 12.4. The van der Waals surface area contributed by atoms with Crippen molar-refractivity contribution < 1.29 is 9.59 Å². The molecule has 1 saturated carbocycles. The van der Waals surface area contributed by atoms with Crippen LogP contribution in [0.2, 0.25) is 0 Å². The summed E-state index contributed by atoms with van der Waals surface area (Å²) in [4.78, 5) is 24.3. The zero-order valence-electron chi connectivity index (χ0n) is 12.2. The van der Waals surface area contributed by atoms with Gasteiger partial charge in [-0.15, -0.1) is 0 Å². The molecule has 2 amide bonds. The Morgan fingerprint density at radius 3 is 2.90 bits per heavy atom. The second kappa shape index (κ2) is 5.85. The fourth-order valence-electron chi connectivity index (χ4n) is 2.64. The highest BCUT2D eigenvalue weighted by Gasteiger charge is 2.27. The van der Waals surface area contributed by atoms with Gasteiger partial charge in [-0.25, -0.2) is 0 Å². The van der Waals surface area contributed by atoms with E-state index in [1.165, 1.54) is 5.56 Å². The predicted molar refractivity (Wildman–Crippen MR) is 79.9 cm³/mol. The minimum absolute atomic E-state index is 0.0997. The van der Waals surface area contributed by atoms with Crippen molar-refractivity contribution in [2.75, 3.05) is 6.54 Å². The van der Waals surface area contributed by atoms with Gasteiger partial charge in [0, 0.05) is 18.2 Å². The zero-order chi connectivity index (χ0) is 14.8. The van der Waals surface area contributed by atoms with Gasteiger partial charge in [0.25, 0.3) is 5.91 Å². The van der Waals surface area contributed by atoms with Gasteiger partial charge >= 0.3 is 0 Å². The lowest BCUT2D eigenvalue weighted by molar-refractivity contribution is -0.122. The molecule has 0 radical (unpaired) electrons. The molecular weight excluding hydrogens is 266 g/mol. The van der Waals surface area contributed by atoms with Gasteiger partial charge in [-0.05, 0) is 49.9 Å². The van der Waals surface area contributed by atoms with Crippen LogP contribution in [0.4, 0.5) is 0 Å². The summed E-state index contributed by atoms with van der Waals surface area (Å²) in [5.41, 5.74) is 2.97. The molecule has 1 fully saturated rings. The lowest BCUT2D eigenvalue weighted by atomic mass is 9.95. The molecule has 112 valence electrons. The average molecular weight is 287 g/mol. The van der Waals surface area contributed by atoms with Crippen molar-refractivity contribution in [2.45, 2.75) is 44.8 Å². The Balaban J connectivity index is 1.68. The van der Waals surface area contributed by atoms with Crippen LogP contribution in [0.25, 0.3) is 0 Å². The maximum atomic E-state index is 12.4. The molecule has 1 unspecified atom stereocenters. The molecule has 0 saturated heterocycles. The van der Waals surface area contributed by atoms with Crippen molar-refractivity contribution in [2.24, 2.45) is 0 Å². The van der Waals surface area contributed by atoms with Crippen molar-refractivity contribution in [3.05, 3.63) is 34.9 Å². The second-order valence-electron chi connectivity index (χ2n) is 5.85. The third-order valence-corrected chi connectivity index (χ3v) is 4.05. The predicted octanol–water partition coefficient (Wildman–Crippen LogP) is 0.729. The van der Waals surface area contributed by atoms with Gasteiger partial charge in [0.05, 0.1) is 0 Å². The largest absolute Gasteiger partial charge is 0.352 e. The molecule has 3 rings (SSSR count). The van der Waals surface area contributed by atoms with Gasteiger partial charge in [-0.3, -0.25) is 9.59 Å². The van der Waals surface area contributed by atoms with Crippen LogP contribution in [-0.4, -0.2) is 30.4 Å². The summed E-state index contributed by atoms with van der Waals surface area (Å²) >= 11 is 0. The Bertz CT molecular complexity index is 567. The molecule has 5 nitrogen and oxygen atoms in total. The zero-order valence-corrected chi connectivity index (χ0v) is 12.2. The van der Waals surface area contributed by atoms with E-state index in [2.05, 4.69) is 16.0 Å². The summed E-state index contributed by atoms with van der Waals surface area (Å²) in [6.07, 6.45) is 2.94. The molecule has 1 heterocycles. The number of hydrogen-bond acceptors (Lipinski definition) is 3. The van der Waals surface area contributed by atoms with Crippen molar-refractivity contribution in [1.29, 1.82) is 0 Å². The SMILES string of the molecule is CC(NC(=O)c1cccc2c1CCNC2)C(=O)NC1CC1. The first-order chi connectivity index (χ1) is 10.1. The Kier molecular flexibility index (Phi) is 3.92. The monoisotopic (exact) mass is 287 g/mol. The summed E-state index contributed by atoms with van der Waals surface area (Å²) in [6, 6.07) is 5.59. The summed E-state index contributed by atoms with van der Waals surface area (Å²) in [5.74, 6) is -0.260. The molecule has 0 aromatic heterocycles. The van der Waals surface area contributed by atoms with E-state index >= 15 is 0 Å². The van der Waals surface area contributed by atoms with E-state index in [1.807, 2.05) is 18.2 Å². The molecule has 3 N–H and O–H groups in total. The third kappa shape index (κ3) is 3.24. The van der Waals surface area contributed by atoms with Crippen LogP contribution < -0.4 is 16.0 Å². The first-order valence-corrected chi connectivity index (χ1v) is 7.58. The molecule has 2 aliphatic rings. The lowest BCUT2D eigenvalue weighted by Gasteiger charge is -2.21. The molecule has 1 aromatic carbocycles. The van der Waals surface area contributed by atoms with E-state index in [0.29, 0.717) is 11.6 Å². The Hall–Kier alpha value is -1.88. The Morgan fingerprint density at radius 2 is 2.14 bits per heavy atom. The van der Waals surface area contributed by atoms with Crippen LogP contribution in [0.3, 0.4) is 0 Å². The van der Waals surface area contributed by atoms with Crippen LogP contribution in [0.15, 0.2) is 18.2 Å². The number of nitrogens with one attached hydrogen (secondary N) is 3. The van der Waals surface area contributed by atoms with Crippen LogP contribution >= 0.6 is 0 Å². The molecule has 1 aliphatic carbocycles. The van der Waals surface area contributed by atoms with Crippen LogP contribution in [0.5, 0.6) is 0 Å². The number of amides is 2. The first-order valence-electron chi connectivity index (χ1n) is 7.58. The van der Waals surface area contributed by atoms with Crippen LogP contribution in [-0.2, 0) is 17.8 Å². The summed E-state index contributed by atoms with van der Waals surface area (Å²) in [6.45, 7) is 3.41. The van der Waals surface area contributed by atoms with Gasteiger partial charge < -0.3 is 16.0 Å². The molecule has 21 heavy (non-hydrogen) atoms. The van der Waals surface area contributed by atoms with Crippen molar-refractivity contribution in [3.8, 4) is 0 Å². The van der Waals surface area contributed by atoms with Crippen LogP contribution in [0.1, 0.15) is 41.3 Å². The van der Waals surface area contributed by atoms with Crippen molar-refractivity contribution in [3.63, 3.8) is 0 Å². The highest BCUT2D eigenvalue weighted by atomic mass is 16.2. The molecule has 1 atom stereocenters. The maximum Gasteiger partial charge on any atom is 0.252 e. The molecule has 1 aliphatic heterocycles. The number of carbonyl (C=O) groups is 2. The molecule has 1 aromatic rings. The number of carbonyl (C=O) groups excluding carboxylic acids is 2. The van der Waals surface area contributed by atoms with E-state index in [4.69, 9.17) is 0 Å². The first kappa shape index (κ1) is 14.1. The smallest absolute Gasteiger partial charge is 0.252 e. The number of benzene rings is 1. The Morgan fingerprint density at radius 1 is 1.33 bits per heavy atom. The van der Waals surface area contributed by atoms with E-state index in [1.54, 1.807) is 6.92 Å². The van der Waals surface area contributed by atoms with Crippen molar-refractivity contribution >= 4 is 11.8 Å². The summed E-state index contributed by atoms with van der Waals surface area (Å²) in [5, 5.41) is 9.02. The van der Waals surface area contributed by atoms with E-state index in [9.17, 15) is 9.59 Å². The number of fused-ring (bicyclic) bond motifs is 1. The minimum atomic E-state index is -0.504. The fraction of sp³-hybridized carbons (Fsp3) is 0.500. The van der Waals surface area contributed by atoms with Gasteiger partial charge in [-0.2, -0.15) is 0 Å². The molecule has 0 bridgehead atoms. The average Bonchev–Trinajstić information content (AvgIpc) is 3.30. The van der Waals surface area contributed by atoms with Gasteiger partial charge in [0.15, 0.2) is 0 Å². The third-order valence-electron chi connectivity index (χ3n) is 4.05. The highest BCUT2D eigenvalue weighted by Crippen LogP contribution is 2.20. The van der Waals surface area contributed by atoms with Gasteiger partial charge in [0.2, 0.25) is 5.91 Å². The Labute approximate surface area is 124 Å². The molecular formula is C16H21N3O2. The summed E-state index contributed by atoms with van der Waals surface area (Å²) in [7, 11) is 0. The van der Waals surface area contributed by atoms with Gasteiger partial charge in [-0.1, -0.05) is 12.1 Å². The number of hydrogen-bond donors (Lipinski definition) is 3. The highest BCUT2D eigenvalue weighted by molar-refractivity contribution is 5.99. The lowest BCUT2D eigenvalue weighted by Crippen LogP contribution is -2.45. The fourth-order valence-corrected chi connectivity index (χ4v) is 2.64. The topological polar surface area (TPSA) is 70.2 Å². The normalized spacial score (nSPS) is 18.5. The van der Waals surface area contributed by atoms with E-state index in [0.717, 1.165) is 37.9 Å². The van der Waals surface area contributed by atoms with Crippen LogP contribution in [0, 0.1) is 0 Å². The van der Waals surface area contributed by atoms with Gasteiger partial charge in [0.1, 0.15) is 6.04 Å².